The Kier molecular flexibility index (Phi) is 14.6. The standard InChI is InChI=1S/C22H44N6O10.CH2O3/c23-4-3-12(30)20(34)28-11-5-10(26)18(37-21-9(25)2-1-8(6-24)35-21)17(33)19(11)38-22-16(32)14(27)15(31)13(7-29)36-22;2-1(3)4/h8-19,21-22,29-33H,1-7,23-27H2,(H,28,34);(H2,2,3,4)/t8-,9+,10-,11+,12?,13+,14-,15+,16+,17-,18+,19-,21+,22+;/m0./s1. The molecule has 42 heavy (non-hydrogen) atoms. The van der Waals surface area contributed by atoms with Gasteiger partial charge in [-0.1, -0.05) is 0 Å². The van der Waals surface area contributed by atoms with Gasteiger partial charge in [-0.3, -0.25) is 4.79 Å². The van der Waals surface area contributed by atoms with Gasteiger partial charge in [0.1, 0.15) is 42.7 Å². The highest BCUT2D eigenvalue weighted by molar-refractivity contribution is 5.80. The molecule has 1 unspecified atom stereocenters. The smallest absolute Gasteiger partial charge is 0.450 e. The summed E-state index contributed by atoms with van der Waals surface area (Å²) in [6.07, 6.45) is -12.7. The van der Waals surface area contributed by atoms with E-state index in [9.17, 15) is 30.3 Å². The highest BCUT2D eigenvalue weighted by atomic mass is 16.7. The molecule has 18 N–H and O–H groups in total. The van der Waals surface area contributed by atoms with Crippen LogP contribution in [0.3, 0.4) is 0 Å². The minimum atomic E-state index is -1.83. The van der Waals surface area contributed by atoms with E-state index in [1.165, 1.54) is 0 Å². The van der Waals surface area contributed by atoms with Crippen molar-refractivity contribution in [2.24, 2.45) is 28.7 Å². The second kappa shape index (κ2) is 16.9. The molecule has 0 aromatic rings. The van der Waals surface area contributed by atoms with E-state index in [1.54, 1.807) is 0 Å². The number of nitrogens with two attached hydrogens (primary N) is 5. The van der Waals surface area contributed by atoms with Crippen LogP contribution in [0, 0.1) is 0 Å². The highest BCUT2D eigenvalue weighted by Gasteiger charge is 2.51. The van der Waals surface area contributed by atoms with E-state index in [1.807, 2.05) is 0 Å². The van der Waals surface area contributed by atoms with Crippen molar-refractivity contribution in [3.05, 3.63) is 0 Å². The van der Waals surface area contributed by atoms with Gasteiger partial charge in [0.05, 0.1) is 30.8 Å². The first-order valence-electron chi connectivity index (χ1n) is 13.6. The summed E-state index contributed by atoms with van der Waals surface area (Å²) in [5, 5.41) is 68.3. The predicted molar refractivity (Wildman–Crippen MR) is 141 cm³/mol. The normalized spacial score (nSPS) is 41.2. The SMILES string of the molecule is NCCC(O)C(=O)N[C@@H]1C[C@H](N)[C@@H](O[C@H]2O[C@H](CN)CC[C@H]2N)[C@H](O)[C@H]1O[C@H]1O[C@H](CO)[C@@H](O)[C@H](N)[C@H]1O.O=C(O)O. The van der Waals surface area contributed by atoms with E-state index in [2.05, 4.69) is 5.32 Å². The summed E-state index contributed by atoms with van der Waals surface area (Å²) in [4.78, 5) is 21.1. The molecule has 0 aromatic heterocycles. The van der Waals surface area contributed by atoms with E-state index >= 15 is 0 Å². The molecule has 0 aromatic carbocycles. The lowest BCUT2D eigenvalue weighted by Crippen LogP contribution is -2.69. The highest BCUT2D eigenvalue weighted by Crippen LogP contribution is 2.31. The molecule has 246 valence electrons. The van der Waals surface area contributed by atoms with Crippen molar-refractivity contribution in [3.63, 3.8) is 0 Å². The summed E-state index contributed by atoms with van der Waals surface area (Å²) in [5.74, 6) is -0.762. The van der Waals surface area contributed by atoms with E-state index in [0.29, 0.717) is 12.8 Å². The second-order valence-electron chi connectivity index (χ2n) is 10.5. The fourth-order valence-corrected chi connectivity index (χ4v) is 5.02. The van der Waals surface area contributed by atoms with E-state index < -0.39 is 98.1 Å². The number of carbonyl (C=O) groups is 2. The summed E-state index contributed by atoms with van der Waals surface area (Å²) in [6, 6.07) is -3.54. The first-order valence-corrected chi connectivity index (χ1v) is 13.6. The molecule has 2 saturated heterocycles. The van der Waals surface area contributed by atoms with Crippen molar-refractivity contribution in [2.45, 2.75) is 111 Å². The van der Waals surface area contributed by atoms with Gasteiger partial charge in [-0.25, -0.2) is 4.79 Å². The maximum atomic E-state index is 12.6. The lowest BCUT2D eigenvalue weighted by molar-refractivity contribution is -0.314. The number of aliphatic hydroxyl groups is 5. The maximum Gasteiger partial charge on any atom is 0.503 e. The van der Waals surface area contributed by atoms with Crippen LogP contribution in [0.4, 0.5) is 4.79 Å². The lowest BCUT2D eigenvalue weighted by atomic mass is 9.83. The lowest BCUT2D eigenvalue weighted by Gasteiger charge is -2.48. The molecular weight excluding hydrogens is 568 g/mol. The van der Waals surface area contributed by atoms with Crippen LogP contribution in [0.1, 0.15) is 25.7 Å². The number of aliphatic hydroxyl groups excluding tert-OH is 5. The van der Waals surface area contributed by atoms with E-state index in [4.69, 9.17) is 62.6 Å². The zero-order valence-electron chi connectivity index (χ0n) is 23.0. The van der Waals surface area contributed by atoms with Gasteiger partial charge < -0.3 is 88.7 Å². The first kappa shape index (κ1) is 36.4. The van der Waals surface area contributed by atoms with Gasteiger partial charge in [0, 0.05) is 12.6 Å². The minimum absolute atomic E-state index is 0.000983. The van der Waals surface area contributed by atoms with Crippen LogP contribution in [0.25, 0.3) is 0 Å². The van der Waals surface area contributed by atoms with Crippen molar-refractivity contribution in [2.75, 3.05) is 19.7 Å². The van der Waals surface area contributed by atoms with Crippen LogP contribution in [0.15, 0.2) is 0 Å². The second-order valence-corrected chi connectivity index (χ2v) is 10.5. The maximum absolute atomic E-state index is 12.6. The summed E-state index contributed by atoms with van der Waals surface area (Å²) in [6.45, 7) is -0.296. The molecule has 0 radical (unpaired) electrons. The zero-order chi connectivity index (χ0) is 31.7. The Hall–Kier alpha value is -1.82. The molecule has 19 heteroatoms. The minimum Gasteiger partial charge on any atom is -0.450 e. The van der Waals surface area contributed by atoms with Crippen molar-refractivity contribution in [3.8, 4) is 0 Å². The van der Waals surface area contributed by atoms with Crippen LogP contribution < -0.4 is 34.0 Å². The van der Waals surface area contributed by atoms with Crippen molar-refractivity contribution in [1.29, 1.82) is 0 Å². The summed E-state index contributed by atoms with van der Waals surface area (Å²) in [5.41, 5.74) is 29.6. The van der Waals surface area contributed by atoms with Crippen LogP contribution in [0.2, 0.25) is 0 Å². The Bertz CT molecular complexity index is 843. The number of rotatable bonds is 10. The summed E-state index contributed by atoms with van der Waals surface area (Å²) >= 11 is 0. The molecule has 3 fully saturated rings. The molecule has 3 aliphatic rings. The number of ether oxygens (including phenoxy) is 4. The first-order chi connectivity index (χ1) is 19.7. The van der Waals surface area contributed by atoms with Gasteiger partial charge in [0.15, 0.2) is 12.6 Å². The van der Waals surface area contributed by atoms with Gasteiger partial charge >= 0.3 is 6.16 Å². The van der Waals surface area contributed by atoms with Gasteiger partial charge in [-0.05, 0) is 32.2 Å². The molecule has 0 bridgehead atoms. The third-order valence-corrected chi connectivity index (χ3v) is 7.37. The molecule has 2 aliphatic heterocycles. The summed E-state index contributed by atoms with van der Waals surface area (Å²) < 4.78 is 23.3. The Morgan fingerprint density at radius 3 is 2.10 bits per heavy atom. The average molecular weight is 615 g/mol. The topological polar surface area (TPSA) is 355 Å². The van der Waals surface area contributed by atoms with Crippen LogP contribution in [-0.4, -0.2) is 153 Å². The Balaban J connectivity index is 0.00000144. The van der Waals surface area contributed by atoms with Crippen molar-refractivity contribution >= 4 is 12.1 Å². The molecular formula is C23H46N6O13. The predicted octanol–water partition coefficient (Wildman–Crippen LogP) is -6.18. The van der Waals surface area contributed by atoms with Crippen LogP contribution in [-0.2, 0) is 23.7 Å². The van der Waals surface area contributed by atoms with Gasteiger partial charge in [-0.15, -0.1) is 0 Å². The number of hydrogen-bond donors (Lipinski definition) is 13. The number of nitrogens with one attached hydrogen (secondary N) is 1. The quantitative estimate of drug-likeness (QED) is 0.109. The van der Waals surface area contributed by atoms with E-state index in [0.717, 1.165) is 0 Å². The fraction of sp³-hybridized carbons (Fsp3) is 0.913. The number of hydrogen-bond acceptors (Lipinski definition) is 16. The monoisotopic (exact) mass is 614 g/mol. The summed E-state index contributed by atoms with van der Waals surface area (Å²) in [7, 11) is 0. The Morgan fingerprint density at radius 1 is 0.905 bits per heavy atom. The van der Waals surface area contributed by atoms with Crippen LogP contribution in [0.5, 0.6) is 0 Å². The van der Waals surface area contributed by atoms with E-state index in [-0.39, 0.29) is 32.0 Å². The average Bonchev–Trinajstić information content (AvgIpc) is 2.93. The molecule has 2 heterocycles. The molecule has 1 saturated carbocycles. The van der Waals surface area contributed by atoms with Gasteiger partial charge in [-0.2, -0.15) is 0 Å². The Labute approximate surface area is 241 Å². The van der Waals surface area contributed by atoms with Crippen molar-refractivity contribution in [1.82, 2.24) is 5.32 Å². The van der Waals surface area contributed by atoms with Gasteiger partial charge in [0.2, 0.25) is 5.91 Å². The number of carbonyl (C=O) groups excluding carboxylic acids is 1. The molecule has 14 atom stereocenters. The zero-order valence-corrected chi connectivity index (χ0v) is 23.0. The number of carboxylic acid groups (broad SMARTS) is 2. The van der Waals surface area contributed by atoms with Crippen LogP contribution >= 0.6 is 0 Å². The molecule has 0 spiro atoms. The van der Waals surface area contributed by atoms with Crippen molar-refractivity contribution < 1.29 is 64.3 Å². The largest absolute Gasteiger partial charge is 0.503 e. The molecule has 1 amide bonds. The third-order valence-electron chi connectivity index (χ3n) is 7.37. The third kappa shape index (κ3) is 9.59. The van der Waals surface area contributed by atoms with Gasteiger partial charge in [0.25, 0.3) is 0 Å². The number of amides is 1. The molecule has 19 nitrogen and oxygen atoms in total. The molecule has 1 aliphatic carbocycles. The Morgan fingerprint density at radius 2 is 1.52 bits per heavy atom. The molecule has 3 rings (SSSR count). The fourth-order valence-electron chi connectivity index (χ4n) is 5.02.